The van der Waals surface area contributed by atoms with Gasteiger partial charge in [0, 0.05) is 44.0 Å². The Balaban J connectivity index is 1.31. The van der Waals surface area contributed by atoms with Crippen molar-refractivity contribution in [3.8, 4) is 33.9 Å². The number of hydrogen-bond donors (Lipinski definition) is 0. The van der Waals surface area contributed by atoms with Crippen LogP contribution in [0.3, 0.4) is 0 Å². The Morgan fingerprint density at radius 1 is 0.333 bits per heavy atom. The molecule has 10 rings (SSSR count). The van der Waals surface area contributed by atoms with Gasteiger partial charge >= 0.3 is 0 Å². The smallest absolute Gasteiger partial charge is 0.0973 e. The van der Waals surface area contributed by atoms with E-state index in [-0.39, 0.29) is 0 Å². The van der Waals surface area contributed by atoms with Gasteiger partial charge in [-0.05, 0) is 48.5 Å². The normalized spacial score (nSPS) is 11.8. The van der Waals surface area contributed by atoms with Crippen LogP contribution in [0.4, 0.5) is 0 Å². The molecule has 0 N–H and O–H groups in total. The van der Waals surface area contributed by atoms with E-state index in [1.54, 1.807) is 0 Å². The number of hydrogen-bond acceptors (Lipinski definition) is 2. The lowest BCUT2D eigenvalue weighted by atomic mass is 10.0. The van der Waals surface area contributed by atoms with Gasteiger partial charge in [0.2, 0.25) is 0 Å². The third kappa shape index (κ3) is 3.96. The molecular weight excluding hydrogens is 585 g/mol. The Morgan fingerprint density at radius 3 is 1.42 bits per heavy atom. The van der Waals surface area contributed by atoms with E-state index in [0.717, 1.165) is 50.4 Å². The van der Waals surface area contributed by atoms with Gasteiger partial charge in [0.05, 0.1) is 44.5 Å². The molecule has 224 valence electrons. The molecule has 4 nitrogen and oxygen atoms in total. The molecule has 0 saturated carbocycles. The molecule has 0 aliphatic rings. The summed E-state index contributed by atoms with van der Waals surface area (Å²) < 4.78 is 4.86. The van der Waals surface area contributed by atoms with Gasteiger partial charge in [-0.25, -0.2) is 9.97 Å². The predicted octanol–water partition coefficient (Wildman–Crippen LogP) is 11.2. The molecule has 7 aromatic carbocycles. The largest absolute Gasteiger partial charge is 0.307 e. The monoisotopic (exact) mass is 612 g/mol. The SMILES string of the molecule is c1ccc(-c2nc3ccccc3nc2-c2cccc(-n3c4ccccc4c4ccc5c6ccccc6n(-c6ccccc6)c5c43)c2)cc1. The van der Waals surface area contributed by atoms with Crippen LogP contribution >= 0.6 is 0 Å². The van der Waals surface area contributed by atoms with Crippen LogP contribution < -0.4 is 0 Å². The number of aromatic nitrogens is 4. The Bertz CT molecular complexity index is 2830. The molecule has 10 aromatic rings. The van der Waals surface area contributed by atoms with E-state index in [9.17, 15) is 0 Å². The molecular formula is C44H28N4. The minimum Gasteiger partial charge on any atom is -0.307 e. The van der Waals surface area contributed by atoms with Crippen LogP contribution in [0.15, 0.2) is 170 Å². The second kappa shape index (κ2) is 10.5. The van der Waals surface area contributed by atoms with Crippen molar-refractivity contribution in [2.24, 2.45) is 0 Å². The van der Waals surface area contributed by atoms with E-state index in [2.05, 4.69) is 149 Å². The number of nitrogens with zero attached hydrogens (tertiary/aromatic N) is 4. The van der Waals surface area contributed by atoms with Gasteiger partial charge in [0.15, 0.2) is 0 Å². The topological polar surface area (TPSA) is 35.6 Å². The Morgan fingerprint density at radius 2 is 0.792 bits per heavy atom. The summed E-state index contributed by atoms with van der Waals surface area (Å²) in [5, 5.41) is 4.91. The van der Waals surface area contributed by atoms with Gasteiger partial charge in [-0.2, -0.15) is 0 Å². The van der Waals surface area contributed by atoms with E-state index in [0.29, 0.717) is 0 Å². The van der Waals surface area contributed by atoms with Crippen LogP contribution in [-0.2, 0) is 0 Å². The van der Waals surface area contributed by atoms with Crippen LogP contribution in [-0.4, -0.2) is 19.1 Å². The average Bonchev–Trinajstić information content (AvgIpc) is 3.68. The standard InChI is InChI=1S/C44H28N4/c1-3-14-29(15-4-1)41-42(46-38-23-10-9-22-37(38)45-41)30-16-13-19-32(28-30)48-40-25-12-8-21-34(40)36-27-26-35-33-20-7-11-24-39(33)47(43(35)44(36)48)31-17-5-2-6-18-31/h1-28H. The zero-order valence-electron chi connectivity index (χ0n) is 26.0. The van der Waals surface area contributed by atoms with Gasteiger partial charge in [0.25, 0.3) is 0 Å². The zero-order chi connectivity index (χ0) is 31.6. The molecule has 3 aromatic heterocycles. The lowest BCUT2D eigenvalue weighted by Gasteiger charge is -2.14. The van der Waals surface area contributed by atoms with Crippen molar-refractivity contribution in [2.45, 2.75) is 0 Å². The molecule has 0 amide bonds. The minimum atomic E-state index is 0.867. The third-order valence-corrected chi connectivity index (χ3v) is 9.48. The van der Waals surface area contributed by atoms with Crippen molar-refractivity contribution in [2.75, 3.05) is 0 Å². The third-order valence-electron chi connectivity index (χ3n) is 9.48. The van der Waals surface area contributed by atoms with Gasteiger partial charge in [-0.3, -0.25) is 0 Å². The Labute approximate surface area is 276 Å². The average molecular weight is 613 g/mol. The second-order valence-corrected chi connectivity index (χ2v) is 12.2. The lowest BCUT2D eigenvalue weighted by molar-refractivity contribution is 1.15. The summed E-state index contributed by atoms with van der Waals surface area (Å²) >= 11 is 0. The molecule has 0 bridgehead atoms. The summed E-state index contributed by atoms with van der Waals surface area (Å²) in [5.74, 6) is 0. The van der Waals surface area contributed by atoms with Crippen LogP contribution in [0.25, 0.3) is 88.5 Å². The summed E-state index contributed by atoms with van der Waals surface area (Å²) in [6, 6.07) is 60.0. The molecule has 0 radical (unpaired) electrons. The molecule has 0 saturated heterocycles. The number of para-hydroxylation sites is 5. The van der Waals surface area contributed by atoms with Gasteiger partial charge in [-0.1, -0.05) is 121 Å². The highest BCUT2D eigenvalue weighted by Gasteiger charge is 2.22. The van der Waals surface area contributed by atoms with Gasteiger partial charge in [-0.15, -0.1) is 0 Å². The number of benzene rings is 7. The molecule has 0 aliphatic heterocycles. The molecule has 0 aliphatic carbocycles. The molecule has 4 heteroatoms. The summed E-state index contributed by atoms with van der Waals surface area (Å²) in [4.78, 5) is 10.4. The number of fused-ring (bicyclic) bond motifs is 8. The fourth-order valence-corrected chi connectivity index (χ4v) is 7.41. The first-order chi connectivity index (χ1) is 23.8. The lowest BCUT2D eigenvalue weighted by Crippen LogP contribution is -2.00. The first kappa shape index (κ1) is 26.7. The van der Waals surface area contributed by atoms with Crippen molar-refractivity contribution in [3.05, 3.63) is 170 Å². The Hall–Kier alpha value is -6.52. The maximum atomic E-state index is 5.23. The highest BCUT2D eigenvalue weighted by molar-refractivity contribution is 6.23. The quantitative estimate of drug-likeness (QED) is 0.198. The van der Waals surface area contributed by atoms with Crippen LogP contribution in [0.1, 0.15) is 0 Å². The molecule has 0 spiro atoms. The first-order valence-electron chi connectivity index (χ1n) is 16.3. The molecule has 3 heterocycles. The second-order valence-electron chi connectivity index (χ2n) is 12.2. The fraction of sp³-hybridized carbons (Fsp3) is 0. The van der Waals surface area contributed by atoms with Crippen LogP contribution in [0.2, 0.25) is 0 Å². The zero-order valence-corrected chi connectivity index (χ0v) is 26.0. The summed E-state index contributed by atoms with van der Waals surface area (Å²) in [6.45, 7) is 0. The van der Waals surface area contributed by atoms with Crippen molar-refractivity contribution < 1.29 is 0 Å². The van der Waals surface area contributed by atoms with Crippen LogP contribution in [0, 0.1) is 0 Å². The molecule has 48 heavy (non-hydrogen) atoms. The van der Waals surface area contributed by atoms with Crippen molar-refractivity contribution >= 4 is 54.6 Å². The summed E-state index contributed by atoms with van der Waals surface area (Å²) in [5.41, 5.74) is 12.5. The summed E-state index contributed by atoms with van der Waals surface area (Å²) in [6.07, 6.45) is 0. The van der Waals surface area contributed by atoms with E-state index >= 15 is 0 Å². The highest BCUT2D eigenvalue weighted by Crippen LogP contribution is 2.42. The van der Waals surface area contributed by atoms with E-state index < -0.39 is 0 Å². The highest BCUT2D eigenvalue weighted by atomic mass is 15.0. The van der Waals surface area contributed by atoms with Crippen molar-refractivity contribution in [1.82, 2.24) is 19.1 Å². The maximum Gasteiger partial charge on any atom is 0.0973 e. The minimum absolute atomic E-state index is 0.867. The molecule has 0 atom stereocenters. The molecule has 0 fully saturated rings. The first-order valence-corrected chi connectivity index (χ1v) is 16.3. The number of rotatable bonds is 4. The van der Waals surface area contributed by atoms with Crippen molar-refractivity contribution in [1.29, 1.82) is 0 Å². The fourth-order valence-electron chi connectivity index (χ4n) is 7.41. The Kier molecular flexibility index (Phi) is 5.84. The summed E-state index contributed by atoms with van der Waals surface area (Å²) in [7, 11) is 0. The van der Waals surface area contributed by atoms with Crippen molar-refractivity contribution in [3.63, 3.8) is 0 Å². The van der Waals surface area contributed by atoms with Crippen LogP contribution in [0.5, 0.6) is 0 Å². The predicted molar refractivity (Wildman–Crippen MR) is 199 cm³/mol. The van der Waals surface area contributed by atoms with E-state index in [4.69, 9.17) is 9.97 Å². The molecule has 0 unspecified atom stereocenters. The maximum absolute atomic E-state index is 5.23. The van der Waals surface area contributed by atoms with E-state index in [1.165, 1.54) is 38.1 Å². The van der Waals surface area contributed by atoms with E-state index in [1.807, 2.05) is 30.3 Å². The van der Waals surface area contributed by atoms with Gasteiger partial charge < -0.3 is 9.13 Å². The van der Waals surface area contributed by atoms with Gasteiger partial charge in [0.1, 0.15) is 0 Å².